The van der Waals surface area contributed by atoms with Crippen molar-refractivity contribution < 1.29 is 28.7 Å². The summed E-state index contributed by atoms with van der Waals surface area (Å²) < 4.78 is 10.6. The summed E-state index contributed by atoms with van der Waals surface area (Å²) in [4.78, 5) is 51.7. The Hall–Kier alpha value is -1.98. The maximum Gasteiger partial charge on any atom is 0.305 e. The Morgan fingerprint density at radius 3 is 2.28 bits per heavy atom. The van der Waals surface area contributed by atoms with Gasteiger partial charge in [-0.3, -0.25) is 19.2 Å². The number of ether oxygens (including phenoxy) is 2. The number of carbonyl (C=O) groups is 4. The Labute approximate surface area is 215 Å². The van der Waals surface area contributed by atoms with Gasteiger partial charge in [0.25, 0.3) is 0 Å². The van der Waals surface area contributed by atoms with E-state index in [0.717, 1.165) is 36.8 Å². The number of carbonyl (C=O) groups excluding carboxylic acids is 4. The lowest BCUT2D eigenvalue weighted by Gasteiger charge is -2.60. The van der Waals surface area contributed by atoms with Crippen molar-refractivity contribution in [3.63, 3.8) is 0 Å². The van der Waals surface area contributed by atoms with Crippen molar-refractivity contribution in [1.82, 2.24) is 0 Å². The molecule has 7 atom stereocenters. The Bertz CT molecular complexity index is 1020. The second-order valence-electron chi connectivity index (χ2n) is 13.4. The summed E-state index contributed by atoms with van der Waals surface area (Å²) in [6.07, 6.45) is 4.95. The fourth-order valence-corrected chi connectivity index (χ4v) is 9.15. The number of rotatable bonds is 5. The lowest BCUT2D eigenvalue weighted by molar-refractivity contribution is -0.169. The number of Topliss-reactive ketones (excluding diaryl/α,β-unsaturated/α-hetero) is 2. The minimum Gasteiger partial charge on any atom is -0.469 e. The molecule has 0 aromatic heterocycles. The second-order valence-corrected chi connectivity index (χ2v) is 13.4. The molecule has 2 saturated carbocycles. The van der Waals surface area contributed by atoms with Crippen LogP contribution in [-0.4, -0.2) is 36.7 Å². The van der Waals surface area contributed by atoms with Gasteiger partial charge >= 0.3 is 11.9 Å². The highest BCUT2D eigenvalue weighted by atomic mass is 16.5. The number of hydrogen-bond donors (Lipinski definition) is 0. The number of ketones is 2. The van der Waals surface area contributed by atoms with E-state index in [1.807, 2.05) is 0 Å². The zero-order chi connectivity index (χ0) is 26.8. The molecule has 6 heteroatoms. The summed E-state index contributed by atoms with van der Waals surface area (Å²) in [5, 5.41) is 0. The van der Waals surface area contributed by atoms with E-state index in [-0.39, 0.29) is 58.2 Å². The predicted molar refractivity (Wildman–Crippen MR) is 136 cm³/mol. The summed E-state index contributed by atoms with van der Waals surface area (Å²) in [5.41, 5.74) is 0.0872. The molecule has 2 fully saturated rings. The first-order valence-electron chi connectivity index (χ1n) is 13.7. The first-order valence-corrected chi connectivity index (χ1v) is 13.7. The van der Waals surface area contributed by atoms with E-state index in [0.29, 0.717) is 25.7 Å². The minimum atomic E-state index is -0.407. The van der Waals surface area contributed by atoms with Crippen LogP contribution in [0.15, 0.2) is 11.1 Å². The summed E-state index contributed by atoms with van der Waals surface area (Å²) >= 11 is 0. The Kier molecular flexibility index (Phi) is 6.62. The average Bonchev–Trinajstić information content (AvgIpc) is 3.06. The molecule has 200 valence electrons. The van der Waals surface area contributed by atoms with Gasteiger partial charge in [0.15, 0.2) is 11.6 Å². The van der Waals surface area contributed by atoms with Gasteiger partial charge in [0, 0.05) is 53.6 Å². The van der Waals surface area contributed by atoms with Crippen molar-refractivity contribution in [3.05, 3.63) is 11.1 Å². The lowest BCUT2D eigenvalue weighted by Crippen LogP contribution is -2.59. The summed E-state index contributed by atoms with van der Waals surface area (Å²) in [7, 11) is 1.41. The number of fused-ring (bicyclic) bond motifs is 4. The molecule has 0 N–H and O–H groups in total. The van der Waals surface area contributed by atoms with Crippen LogP contribution < -0.4 is 0 Å². The van der Waals surface area contributed by atoms with E-state index >= 15 is 0 Å². The van der Waals surface area contributed by atoms with Gasteiger partial charge in [-0.1, -0.05) is 41.5 Å². The zero-order valence-corrected chi connectivity index (χ0v) is 23.4. The highest BCUT2D eigenvalue weighted by Gasteiger charge is 2.67. The summed E-state index contributed by atoms with van der Waals surface area (Å²) in [6.45, 7) is 14.4. The lowest BCUT2D eigenvalue weighted by atomic mass is 9.42. The van der Waals surface area contributed by atoms with Crippen molar-refractivity contribution >= 4 is 23.5 Å². The Morgan fingerprint density at radius 2 is 1.67 bits per heavy atom. The van der Waals surface area contributed by atoms with Crippen LogP contribution in [0.25, 0.3) is 0 Å². The second kappa shape index (κ2) is 8.80. The van der Waals surface area contributed by atoms with Crippen LogP contribution >= 0.6 is 0 Å². The van der Waals surface area contributed by atoms with Gasteiger partial charge in [0.1, 0.15) is 6.10 Å². The molecule has 0 unspecified atom stereocenters. The molecule has 0 aromatic rings. The van der Waals surface area contributed by atoms with Crippen molar-refractivity contribution in [1.29, 1.82) is 0 Å². The van der Waals surface area contributed by atoms with Crippen molar-refractivity contribution in [2.75, 3.05) is 7.11 Å². The average molecular weight is 501 g/mol. The normalized spacial score (nSPS) is 40.2. The molecule has 0 saturated heterocycles. The number of allylic oxidation sites excluding steroid dienone is 2. The van der Waals surface area contributed by atoms with Gasteiger partial charge in [0.2, 0.25) is 0 Å². The van der Waals surface area contributed by atoms with Crippen LogP contribution in [0.1, 0.15) is 99.8 Å². The number of hydrogen-bond acceptors (Lipinski definition) is 6. The van der Waals surface area contributed by atoms with Gasteiger partial charge in [-0.05, 0) is 55.3 Å². The Balaban J connectivity index is 1.74. The molecule has 0 aliphatic heterocycles. The first kappa shape index (κ1) is 27.1. The van der Waals surface area contributed by atoms with Crippen molar-refractivity contribution in [3.8, 4) is 0 Å². The molecular formula is C30H44O6. The van der Waals surface area contributed by atoms with Crippen LogP contribution in [-0.2, 0) is 28.7 Å². The summed E-state index contributed by atoms with van der Waals surface area (Å²) in [6, 6.07) is 0. The number of esters is 2. The van der Waals surface area contributed by atoms with Crippen LogP contribution in [0.5, 0.6) is 0 Å². The smallest absolute Gasteiger partial charge is 0.305 e. The van der Waals surface area contributed by atoms with Gasteiger partial charge < -0.3 is 9.47 Å². The van der Waals surface area contributed by atoms with E-state index in [9.17, 15) is 19.2 Å². The maximum absolute atomic E-state index is 14.1. The van der Waals surface area contributed by atoms with Crippen LogP contribution in [0.3, 0.4) is 0 Å². The van der Waals surface area contributed by atoms with Gasteiger partial charge in [-0.2, -0.15) is 0 Å². The Morgan fingerprint density at radius 1 is 1.00 bits per heavy atom. The largest absolute Gasteiger partial charge is 0.469 e. The van der Waals surface area contributed by atoms with Gasteiger partial charge in [-0.25, -0.2) is 0 Å². The van der Waals surface area contributed by atoms with Gasteiger partial charge in [-0.15, -0.1) is 0 Å². The molecule has 6 nitrogen and oxygen atoms in total. The van der Waals surface area contributed by atoms with Crippen molar-refractivity contribution in [2.24, 2.45) is 39.4 Å². The molecule has 0 spiro atoms. The van der Waals surface area contributed by atoms with E-state index in [1.54, 1.807) is 0 Å². The van der Waals surface area contributed by atoms with E-state index in [2.05, 4.69) is 41.5 Å². The van der Waals surface area contributed by atoms with E-state index in [4.69, 9.17) is 9.47 Å². The maximum atomic E-state index is 14.1. The first-order chi connectivity index (χ1) is 16.6. The highest BCUT2D eigenvalue weighted by Crippen LogP contribution is 2.71. The molecule has 36 heavy (non-hydrogen) atoms. The predicted octanol–water partition coefficient (Wildman–Crippen LogP) is 5.61. The third kappa shape index (κ3) is 3.72. The molecule has 0 heterocycles. The third-order valence-corrected chi connectivity index (χ3v) is 11.3. The fourth-order valence-electron chi connectivity index (χ4n) is 9.15. The SMILES string of the molecule is COC(=O)CC[C@H](C)[C@@H]1CC[C@]2(C)C3=C(C(=O)C[C@]12C)[C@]1(C)CC[C@@H](OC(C)=O)C(C)(C)[C@H]1CC3=O. The molecule has 4 aliphatic carbocycles. The minimum absolute atomic E-state index is 0.0533. The monoisotopic (exact) mass is 500 g/mol. The molecule has 4 aliphatic rings. The summed E-state index contributed by atoms with van der Waals surface area (Å²) in [5.74, 6) is 0.195. The van der Waals surface area contributed by atoms with Crippen LogP contribution in [0.2, 0.25) is 0 Å². The number of methoxy groups -OCH3 is 1. The molecule has 0 amide bonds. The molecule has 4 rings (SSSR count). The molecular weight excluding hydrogens is 456 g/mol. The standard InChI is InChI=1S/C30H44O6/c1-17(9-10-24(34)35-8)19-11-14-29(6)26-20(32)15-22-27(3,4)23(36-18(2)31)12-13-28(22,5)25(26)21(33)16-30(19,29)7/h17,19,22-23H,9-16H2,1-8H3/t17-,19-,22+,23+,28+,29+,30+/m0/s1. The van der Waals surface area contributed by atoms with E-state index < -0.39 is 10.8 Å². The van der Waals surface area contributed by atoms with Crippen LogP contribution in [0.4, 0.5) is 0 Å². The van der Waals surface area contributed by atoms with Gasteiger partial charge in [0.05, 0.1) is 7.11 Å². The molecule has 0 radical (unpaired) electrons. The van der Waals surface area contributed by atoms with E-state index in [1.165, 1.54) is 14.0 Å². The highest BCUT2D eigenvalue weighted by molar-refractivity contribution is 6.11. The van der Waals surface area contributed by atoms with Crippen molar-refractivity contribution in [2.45, 2.75) is 106 Å². The van der Waals surface area contributed by atoms with Crippen LogP contribution in [0, 0.1) is 39.4 Å². The molecule has 0 bridgehead atoms. The zero-order valence-electron chi connectivity index (χ0n) is 23.4. The fraction of sp³-hybridized carbons (Fsp3) is 0.800. The third-order valence-electron chi connectivity index (χ3n) is 11.3. The molecule has 0 aromatic carbocycles. The quantitative estimate of drug-likeness (QED) is 0.456. The topological polar surface area (TPSA) is 86.7 Å².